The van der Waals surface area contributed by atoms with E-state index in [0.717, 1.165) is 21.3 Å². The van der Waals surface area contributed by atoms with Crippen LogP contribution in [0.2, 0.25) is 4.34 Å². The Morgan fingerprint density at radius 3 is 2.79 bits per heavy atom. The van der Waals surface area contributed by atoms with E-state index in [1.165, 1.54) is 49.8 Å². The minimum absolute atomic E-state index is 0.481. The lowest BCUT2D eigenvalue weighted by atomic mass is 9.98. The van der Waals surface area contributed by atoms with E-state index in [9.17, 15) is 0 Å². The highest BCUT2D eigenvalue weighted by atomic mass is 79.9. The van der Waals surface area contributed by atoms with Crippen molar-refractivity contribution in [1.82, 2.24) is 5.32 Å². The summed E-state index contributed by atoms with van der Waals surface area (Å²) in [5.74, 6) is 0.963. The molecule has 0 aliphatic heterocycles. The number of halogens is 2. The largest absolute Gasteiger partial charge is 0.309 e. The van der Waals surface area contributed by atoms with Crippen molar-refractivity contribution >= 4 is 38.9 Å². The Hall–Kier alpha value is 0.430. The van der Waals surface area contributed by atoms with Crippen molar-refractivity contribution in [2.75, 3.05) is 6.54 Å². The molecule has 19 heavy (non-hydrogen) atoms. The lowest BCUT2D eigenvalue weighted by Gasteiger charge is -2.19. The maximum Gasteiger partial charge on any atom is 0.107 e. The van der Waals surface area contributed by atoms with Gasteiger partial charge in [-0.05, 0) is 53.7 Å². The zero-order valence-electron chi connectivity index (χ0n) is 11.6. The third-order valence-electron chi connectivity index (χ3n) is 3.99. The van der Waals surface area contributed by atoms with Crippen LogP contribution in [0.5, 0.6) is 0 Å². The molecule has 1 N–H and O–H groups in total. The second-order valence-corrected chi connectivity index (χ2v) is 8.05. The lowest BCUT2D eigenvalue weighted by Crippen LogP contribution is -2.22. The topological polar surface area (TPSA) is 12.0 Å². The number of hydrogen-bond donors (Lipinski definition) is 1. The summed E-state index contributed by atoms with van der Waals surface area (Å²) in [7, 11) is 0. The zero-order chi connectivity index (χ0) is 13.7. The summed E-state index contributed by atoms with van der Waals surface area (Å²) in [6, 6.07) is 2.67. The van der Waals surface area contributed by atoms with Crippen molar-refractivity contribution in [1.29, 1.82) is 0 Å². The van der Waals surface area contributed by atoms with E-state index in [4.69, 9.17) is 11.6 Å². The summed E-state index contributed by atoms with van der Waals surface area (Å²) in [5, 5.41) is 3.68. The number of thiophene rings is 1. The van der Waals surface area contributed by atoms with Gasteiger partial charge in [-0.3, -0.25) is 0 Å². The fraction of sp³-hybridized carbons (Fsp3) is 0.733. The van der Waals surface area contributed by atoms with Crippen LogP contribution < -0.4 is 5.32 Å². The molecule has 1 aromatic heterocycles. The fourth-order valence-electron chi connectivity index (χ4n) is 2.90. The molecule has 0 aromatic carbocycles. The van der Waals surface area contributed by atoms with Crippen molar-refractivity contribution in [2.24, 2.45) is 5.92 Å². The molecule has 0 amide bonds. The molecule has 1 fully saturated rings. The summed E-state index contributed by atoms with van der Waals surface area (Å²) in [6.07, 6.45) is 9.54. The van der Waals surface area contributed by atoms with Crippen LogP contribution in [0.3, 0.4) is 0 Å². The molecule has 0 spiro atoms. The molecule has 0 saturated heterocycles. The van der Waals surface area contributed by atoms with Gasteiger partial charge in [0.25, 0.3) is 0 Å². The Balaban J connectivity index is 1.93. The highest BCUT2D eigenvalue weighted by Gasteiger charge is 2.20. The van der Waals surface area contributed by atoms with E-state index >= 15 is 0 Å². The maximum absolute atomic E-state index is 6.18. The summed E-state index contributed by atoms with van der Waals surface area (Å²) < 4.78 is 1.91. The zero-order valence-corrected chi connectivity index (χ0v) is 14.7. The van der Waals surface area contributed by atoms with Gasteiger partial charge in [0.2, 0.25) is 0 Å². The van der Waals surface area contributed by atoms with Gasteiger partial charge in [0.05, 0.1) is 0 Å². The Morgan fingerprint density at radius 2 is 2.21 bits per heavy atom. The van der Waals surface area contributed by atoms with Gasteiger partial charge >= 0.3 is 0 Å². The smallest absolute Gasteiger partial charge is 0.107 e. The second-order valence-electron chi connectivity index (χ2n) is 5.50. The van der Waals surface area contributed by atoms with E-state index < -0.39 is 0 Å². The van der Waals surface area contributed by atoms with Crippen LogP contribution >= 0.6 is 38.9 Å². The third kappa shape index (κ3) is 4.73. The summed E-state index contributed by atoms with van der Waals surface area (Å²) in [6.45, 7) is 3.31. The van der Waals surface area contributed by atoms with Gasteiger partial charge < -0.3 is 5.32 Å². The van der Waals surface area contributed by atoms with Crippen LogP contribution in [0.1, 0.15) is 62.8 Å². The van der Waals surface area contributed by atoms with Crippen LogP contribution in [-0.2, 0) is 0 Å². The van der Waals surface area contributed by atoms with Gasteiger partial charge in [0, 0.05) is 15.4 Å². The van der Waals surface area contributed by atoms with E-state index in [0.29, 0.717) is 6.04 Å². The molecule has 0 bridgehead atoms. The van der Waals surface area contributed by atoms with Crippen LogP contribution in [0, 0.1) is 5.92 Å². The van der Waals surface area contributed by atoms with Gasteiger partial charge in [0.1, 0.15) is 4.34 Å². The van der Waals surface area contributed by atoms with Crippen molar-refractivity contribution in [2.45, 2.75) is 57.9 Å². The fourth-order valence-corrected chi connectivity index (χ4v) is 4.75. The van der Waals surface area contributed by atoms with Crippen molar-refractivity contribution in [3.8, 4) is 0 Å². The lowest BCUT2D eigenvalue weighted by molar-refractivity contribution is 0.415. The SMILES string of the molecule is CCCNC(CCC1CCCC1)c1cc(Br)c(Cl)s1. The predicted octanol–water partition coefficient (Wildman–Crippen LogP) is 6.18. The molecule has 1 aliphatic carbocycles. The van der Waals surface area contributed by atoms with Crippen molar-refractivity contribution < 1.29 is 0 Å². The first-order valence-corrected chi connectivity index (χ1v) is 9.37. The van der Waals surface area contributed by atoms with Crippen LogP contribution in [0.25, 0.3) is 0 Å². The van der Waals surface area contributed by atoms with Gasteiger partial charge in [-0.1, -0.05) is 44.2 Å². The second kappa shape index (κ2) is 8.02. The molecule has 1 saturated carbocycles. The quantitative estimate of drug-likeness (QED) is 0.609. The minimum atomic E-state index is 0.481. The molecule has 1 nitrogen and oxygen atoms in total. The highest BCUT2D eigenvalue weighted by molar-refractivity contribution is 9.10. The molecular formula is C15H23BrClNS. The molecule has 0 radical (unpaired) electrons. The molecule has 1 unspecified atom stereocenters. The van der Waals surface area contributed by atoms with E-state index in [-0.39, 0.29) is 0 Å². The van der Waals surface area contributed by atoms with Crippen LogP contribution in [0.15, 0.2) is 10.5 Å². The van der Waals surface area contributed by atoms with Gasteiger partial charge in [-0.2, -0.15) is 0 Å². The summed E-state index contributed by atoms with van der Waals surface area (Å²) in [5.41, 5.74) is 0. The van der Waals surface area contributed by atoms with Crippen molar-refractivity contribution in [3.63, 3.8) is 0 Å². The minimum Gasteiger partial charge on any atom is -0.309 e. The van der Waals surface area contributed by atoms with E-state index in [2.05, 4.69) is 34.2 Å². The van der Waals surface area contributed by atoms with Gasteiger partial charge in [-0.15, -0.1) is 11.3 Å². The first kappa shape index (κ1) is 15.8. The summed E-state index contributed by atoms with van der Waals surface area (Å²) >= 11 is 11.4. The van der Waals surface area contributed by atoms with Gasteiger partial charge in [0.15, 0.2) is 0 Å². The molecule has 108 valence electrons. The van der Waals surface area contributed by atoms with Crippen LogP contribution in [0.4, 0.5) is 0 Å². The molecule has 4 heteroatoms. The Labute approximate surface area is 134 Å². The van der Waals surface area contributed by atoms with Gasteiger partial charge in [-0.25, -0.2) is 0 Å². The predicted molar refractivity (Wildman–Crippen MR) is 89.3 cm³/mol. The molecule has 1 aromatic rings. The summed E-state index contributed by atoms with van der Waals surface area (Å²) in [4.78, 5) is 1.38. The average molecular weight is 365 g/mol. The average Bonchev–Trinajstić information content (AvgIpc) is 3.01. The Kier molecular flexibility index (Phi) is 6.67. The first-order chi connectivity index (χ1) is 9.20. The number of hydrogen-bond acceptors (Lipinski definition) is 2. The highest BCUT2D eigenvalue weighted by Crippen LogP contribution is 2.38. The monoisotopic (exact) mass is 363 g/mol. The first-order valence-electron chi connectivity index (χ1n) is 7.38. The maximum atomic E-state index is 6.18. The van der Waals surface area contributed by atoms with Crippen molar-refractivity contribution in [3.05, 3.63) is 19.8 Å². The Morgan fingerprint density at radius 1 is 1.47 bits per heavy atom. The normalized spacial score (nSPS) is 18.1. The molecule has 1 aliphatic rings. The third-order valence-corrected chi connectivity index (χ3v) is 6.58. The number of rotatable bonds is 7. The molecule has 1 heterocycles. The molecule has 1 atom stereocenters. The molecular weight excluding hydrogens is 342 g/mol. The van der Waals surface area contributed by atoms with E-state index in [1.807, 2.05) is 0 Å². The number of nitrogens with one attached hydrogen (secondary N) is 1. The Bertz CT molecular complexity index is 368. The van der Waals surface area contributed by atoms with E-state index in [1.54, 1.807) is 11.3 Å². The standard InChI is InChI=1S/C15H23BrClNS/c1-2-9-18-13(8-7-11-5-3-4-6-11)14-10-12(16)15(17)19-14/h10-11,13,18H,2-9H2,1H3. The van der Waals surface area contributed by atoms with Crippen LogP contribution in [-0.4, -0.2) is 6.54 Å². The molecule has 2 rings (SSSR count).